The summed E-state index contributed by atoms with van der Waals surface area (Å²) in [6.07, 6.45) is 0. The van der Waals surface area contributed by atoms with Crippen LogP contribution >= 0.6 is 0 Å². The monoisotopic (exact) mass is 378 g/mol. The van der Waals surface area contributed by atoms with Crippen LogP contribution in [0.15, 0.2) is 70.8 Å². The number of benzene rings is 2. The maximum atomic E-state index is 13.4. The number of hydrogen-bond acceptors (Lipinski definition) is 5. The molecule has 0 saturated carbocycles. The van der Waals surface area contributed by atoms with Gasteiger partial charge in [-0.25, -0.2) is 4.39 Å². The van der Waals surface area contributed by atoms with Gasteiger partial charge in [-0.2, -0.15) is 0 Å². The number of halogens is 1. The first-order chi connectivity index (χ1) is 13.5. The number of carbonyl (C=O) groups excluding carboxylic acids is 2. The van der Waals surface area contributed by atoms with Crippen LogP contribution in [0.1, 0.15) is 22.9 Å². The van der Waals surface area contributed by atoms with Crippen LogP contribution in [0.4, 0.5) is 10.2 Å². The average Bonchev–Trinajstić information content (AvgIpc) is 3.24. The topological polar surface area (TPSA) is 83.6 Å². The summed E-state index contributed by atoms with van der Waals surface area (Å²) in [4.78, 5) is 26.8. The van der Waals surface area contributed by atoms with Crippen molar-refractivity contribution in [1.82, 2.24) is 5.16 Å². The van der Waals surface area contributed by atoms with E-state index >= 15 is 0 Å². The molecule has 4 rings (SSSR count). The lowest BCUT2D eigenvalue weighted by molar-refractivity contribution is -0.132. The lowest BCUT2D eigenvalue weighted by atomic mass is 9.95. The van der Waals surface area contributed by atoms with E-state index in [0.29, 0.717) is 16.9 Å². The Bertz CT molecular complexity index is 1090. The number of hydrogen-bond donors (Lipinski definition) is 1. The molecule has 2 aromatic carbocycles. The van der Waals surface area contributed by atoms with E-state index in [1.165, 1.54) is 30.3 Å². The highest BCUT2D eigenvalue weighted by Gasteiger charge is 2.48. The van der Waals surface area contributed by atoms with Crippen molar-refractivity contribution in [1.29, 1.82) is 0 Å². The van der Waals surface area contributed by atoms with Gasteiger partial charge < -0.3 is 9.63 Å². The number of aliphatic hydroxyl groups excluding tert-OH is 1. The molecule has 1 N–H and O–H groups in total. The molecule has 1 amide bonds. The molecule has 0 radical (unpaired) electrons. The van der Waals surface area contributed by atoms with Crippen molar-refractivity contribution in [2.45, 2.75) is 13.0 Å². The van der Waals surface area contributed by atoms with Crippen LogP contribution in [0.5, 0.6) is 0 Å². The Labute approximate surface area is 159 Å². The van der Waals surface area contributed by atoms with Gasteiger partial charge in [-0.15, -0.1) is 0 Å². The van der Waals surface area contributed by atoms with Crippen LogP contribution in [0.25, 0.3) is 5.76 Å². The number of ketones is 1. The quantitative estimate of drug-likeness (QED) is 0.426. The first-order valence-corrected chi connectivity index (χ1v) is 8.52. The molecule has 6 nitrogen and oxygen atoms in total. The van der Waals surface area contributed by atoms with E-state index in [9.17, 15) is 19.1 Å². The van der Waals surface area contributed by atoms with Gasteiger partial charge in [0.05, 0.1) is 11.6 Å². The molecule has 0 unspecified atom stereocenters. The van der Waals surface area contributed by atoms with E-state index in [0.717, 1.165) is 4.90 Å². The van der Waals surface area contributed by atoms with Gasteiger partial charge in [0.15, 0.2) is 5.82 Å². The molecule has 1 atom stereocenters. The normalized spacial score (nSPS) is 18.6. The minimum Gasteiger partial charge on any atom is -0.507 e. The number of aryl methyl sites for hydroxylation is 1. The Balaban J connectivity index is 1.94. The Morgan fingerprint density at radius 2 is 1.79 bits per heavy atom. The summed E-state index contributed by atoms with van der Waals surface area (Å²) in [5.74, 6) is -1.87. The highest BCUT2D eigenvalue weighted by atomic mass is 19.1. The smallest absolute Gasteiger partial charge is 0.301 e. The molecule has 140 valence electrons. The fraction of sp³-hybridized carbons (Fsp3) is 0.0952. The molecule has 3 aromatic rings. The van der Waals surface area contributed by atoms with Gasteiger partial charge in [0.2, 0.25) is 0 Å². The molecule has 2 heterocycles. The minimum atomic E-state index is -0.967. The van der Waals surface area contributed by atoms with Crippen molar-refractivity contribution >= 4 is 23.3 Å². The summed E-state index contributed by atoms with van der Waals surface area (Å²) in [6.45, 7) is 1.66. The lowest BCUT2D eigenvalue weighted by Gasteiger charge is -2.22. The summed E-state index contributed by atoms with van der Waals surface area (Å²) in [5, 5.41) is 14.7. The van der Waals surface area contributed by atoms with Crippen molar-refractivity contribution in [3.8, 4) is 0 Å². The van der Waals surface area contributed by atoms with Gasteiger partial charge in [-0.1, -0.05) is 47.6 Å². The zero-order valence-electron chi connectivity index (χ0n) is 14.8. The van der Waals surface area contributed by atoms with Crippen LogP contribution in [0, 0.1) is 12.7 Å². The third-order valence-electron chi connectivity index (χ3n) is 4.54. The Hall–Kier alpha value is -3.74. The molecular formula is C21H15FN2O4. The Morgan fingerprint density at radius 3 is 2.39 bits per heavy atom. The Kier molecular flexibility index (Phi) is 4.27. The lowest BCUT2D eigenvalue weighted by Crippen LogP contribution is -2.29. The minimum absolute atomic E-state index is 0.0940. The second-order valence-electron chi connectivity index (χ2n) is 6.38. The van der Waals surface area contributed by atoms with Crippen molar-refractivity contribution in [3.63, 3.8) is 0 Å². The molecule has 0 bridgehead atoms. The second kappa shape index (κ2) is 6.77. The molecule has 1 aliphatic rings. The van der Waals surface area contributed by atoms with Crippen molar-refractivity contribution in [2.24, 2.45) is 0 Å². The zero-order chi connectivity index (χ0) is 19.8. The summed E-state index contributed by atoms with van der Waals surface area (Å²) in [5.41, 5.74) is 0.756. The van der Waals surface area contributed by atoms with E-state index in [1.807, 2.05) is 0 Å². The van der Waals surface area contributed by atoms with Crippen molar-refractivity contribution < 1.29 is 23.6 Å². The number of Topliss-reactive ketones (excluding diaryl/α,β-unsaturated/α-hetero) is 1. The van der Waals surface area contributed by atoms with Crippen LogP contribution in [-0.4, -0.2) is 22.0 Å². The van der Waals surface area contributed by atoms with Gasteiger partial charge in [0, 0.05) is 11.6 Å². The summed E-state index contributed by atoms with van der Waals surface area (Å²) < 4.78 is 18.5. The SMILES string of the molecule is Cc1cc(N2C(=O)C(=O)C(=C(O)c3ccccc3)[C@@H]2c2ccc(F)cc2)no1. The molecule has 0 aliphatic carbocycles. The van der Waals surface area contributed by atoms with E-state index in [2.05, 4.69) is 5.16 Å². The molecule has 1 aromatic heterocycles. The highest BCUT2D eigenvalue weighted by molar-refractivity contribution is 6.51. The van der Waals surface area contributed by atoms with Crippen LogP contribution in [-0.2, 0) is 9.59 Å². The largest absolute Gasteiger partial charge is 0.507 e. The third-order valence-corrected chi connectivity index (χ3v) is 4.54. The number of carbonyl (C=O) groups is 2. The van der Waals surface area contributed by atoms with Crippen LogP contribution in [0.2, 0.25) is 0 Å². The molecular weight excluding hydrogens is 363 g/mol. The highest BCUT2D eigenvalue weighted by Crippen LogP contribution is 2.41. The van der Waals surface area contributed by atoms with E-state index in [-0.39, 0.29) is 17.2 Å². The van der Waals surface area contributed by atoms with Crippen molar-refractivity contribution in [2.75, 3.05) is 4.90 Å². The summed E-state index contributed by atoms with van der Waals surface area (Å²) in [7, 11) is 0. The first-order valence-electron chi connectivity index (χ1n) is 8.52. The number of nitrogens with zero attached hydrogens (tertiary/aromatic N) is 2. The summed E-state index contributed by atoms with van der Waals surface area (Å²) in [6, 6.07) is 14.4. The molecule has 28 heavy (non-hydrogen) atoms. The number of aromatic nitrogens is 1. The standard InChI is InChI=1S/C21H15FN2O4/c1-12-11-16(23-28-12)24-18(13-7-9-15(22)10-8-13)17(20(26)21(24)27)19(25)14-5-3-2-4-6-14/h2-11,18,25H,1H3/t18-/m0/s1. The van der Waals surface area contributed by atoms with Crippen LogP contribution < -0.4 is 4.90 Å². The Morgan fingerprint density at radius 1 is 1.11 bits per heavy atom. The molecule has 0 spiro atoms. The zero-order valence-corrected chi connectivity index (χ0v) is 14.8. The van der Waals surface area contributed by atoms with E-state index in [1.54, 1.807) is 37.3 Å². The second-order valence-corrected chi connectivity index (χ2v) is 6.38. The van der Waals surface area contributed by atoms with Gasteiger partial charge >= 0.3 is 5.91 Å². The summed E-state index contributed by atoms with van der Waals surface area (Å²) >= 11 is 0. The molecule has 7 heteroatoms. The van der Waals surface area contributed by atoms with Gasteiger partial charge in [0.25, 0.3) is 5.78 Å². The van der Waals surface area contributed by atoms with Crippen molar-refractivity contribution in [3.05, 3.63) is 88.9 Å². The van der Waals surface area contributed by atoms with E-state index < -0.39 is 23.5 Å². The number of amides is 1. The fourth-order valence-corrected chi connectivity index (χ4v) is 3.25. The van der Waals surface area contributed by atoms with E-state index in [4.69, 9.17) is 4.52 Å². The van der Waals surface area contributed by atoms with Crippen LogP contribution in [0.3, 0.4) is 0 Å². The average molecular weight is 378 g/mol. The number of anilines is 1. The number of rotatable bonds is 3. The predicted octanol–water partition coefficient (Wildman–Crippen LogP) is 3.75. The fourth-order valence-electron chi connectivity index (χ4n) is 3.25. The maximum Gasteiger partial charge on any atom is 0.301 e. The van der Waals surface area contributed by atoms with Gasteiger partial charge in [-0.05, 0) is 24.6 Å². The maximum absolute atomic E-state index is 13.4. The predicted molar refractivity (Wildman–Crippen MR) is 98.9 cm³/mol. The molecule has 1 fully saturated rings. The van der Waals surface area contributed by atoms with Gasteiger partial charge in [0.1, 0.15) is 17.3 Å². The molecule has 1 aliphatic heterocycles. The third kappa shape index (κ3) is 2.87. The first kappa shape index (κ1) is 17.7. The van der Waals surface area contributed by atoms with Gasteiger partial charge in [-0.3, -0.25) is 14.5 Å². The molecule has 1 saturated heterocycles. The number of aliphatic hydroxyl groups is 1.